The molecule has 0 aromatic heterocycles. The fraction of sp³-hybridized carbons (Fsp3) is 0.591. The molecule has 0 radical (unpaired) electrons. The lowest BCUT2D eigenvalue weighted by atomic mass is 10.1. The summed E-state index contributed by atoms with van der Waals surface area (Å²) in [5.41, 5.74) is 0.923. The van der Waals surface area contributed by atoms with Crippen LogP contribution in [0.4, 0.5) is 0 Å². The van der Waals surface area contributed by atoms with Crippen LogP contribution in [0.3, 0.4) is 0 Å². The van der Waals surface area contributed by atoms with Gasteiger partial charge in [-0.1, -0.05) is 6.07 Å². The van der Waals surface area contributed by atoms with Crippen LogP contribution in [-0.4, -0.2) is 80.5 Å². The van der Waals surface area contributed by atoms with Crippen molar-refractivity contribution in [3.8, 4) is 11.5 Å². The van der Waals surface area contributed by atoms with Gasteiger partial charge in [0.1, 0.15) is 11.5 Å². The Morgan fingerprint density at radius 1 is 1.19 bits per heavy atom. The monoisotopic (exact) mass is 432 g/mol. The van der Waals surface area contributed by atoms with E-state index in [0.717, 1.165) is 24.9 Å². The van der Waals surface area contributed by atoms with Crippen molar-refractivity contribution in [3.63, 3.8) is 0 Å². The van der Waals surface area contributed by atoms with Crippen LogP contribution in [0.1, 0.15) is 31.2 Å². The Morgan fingerprint density at radius 2 is 2.03 bits per heavy atom. The maximum atomic E-state index is 12.5. The Morgan fingerprint density at radius 3 is 2.77 bits per heavy atom. The van der Waals surface area contributed by atoms with E-state index in [1.54, 1.807) is 19.1 Å². The van der Waals surface area contributed by atoms with E-state index >= 15 is 0 Å². The number of amides is 3. The van der Waals surface area contributed by atoms with Gasteiger partial charge in [-0.15, -0.1) is 0 Å². The summed E-state index contributed by atoms with van der Waals surface area (Å²) in [5, 5.41) is 5.71. The molecule has 2 aliphatic rings. The van der Waals surface area contributed by atoms with Crippen LogP contribution in [0.15, 0.2) is 18.2 Å². The van der Waals surface area contributed by atoms with Gasteiger partial charge in [-0.3, -0.25) is 19.3 Å². The molecule has 1 atom stereocenters. The summed E-state index contributed by atoms with van der Waals surface area (Å²) < 4.78 is 10.7. The first-order valence-corrected chi connectivity index (χ1v) is 10.8. The molecule has 3 rings (SSSR count). The summed E-state index contributed by atoms with van der Waals surface area (Å²) >= 11 is 0. The SMILES string of the molecule is COc1ccc(CN2CCNC(=O)C2CC(=O)NCCN2CCCCC2=O)c(OC)c1. The number of piperazine rings is 1. The Hall–Kier alpha value is -2.81. The van der Waals surface area contributed by atoms with Crippen molar-refractivity contribution in [1.29, 1.82) is 0 Å². The highest BCUT2D eigenvalue weighted by molar-refractivity contribution is 5.88. The number of rotatable bonds is 9. The fourth-order valence-electron chi connectivity index (χ4n) is 4.05. The minimum Gasteiger partial charge on any atom is -0.497 e. The Balaban J connectivity index is 1.57. The second kappa shape index (κ2) is 11.0. The highest BCUT2D eigenvalue weighted by Gasteiger charge is 2.32. The van der Waals surface area contributed by atoms with Gasteiger partial charge in [-0.2, -0.15) is 0 Å². The summed E-state index contributed by atoms with van der Waals surface area (Å²) in [6.07, 6.45) is 2.59. The Bertz CT molecular complexity index is 800. The minimum atomic E-state index is -0.558. The van der Waals surface area contributed by atoms with Gasteiger partial charge < -0.3 is 25.0 Å². The molecular formula is C22H32N4O5. The molecule has 9 heteroatoms. The van der Waals surface area contributed by atoms with Crippen LogP contribution < -0.4 is 20.1 Å². The predicted molar refractivity (Wildman–Crippen MR) is 115 cm³/mol. The van der Waals surface area contributed by atoms with Crippen molar-refractivity contribution in [2.45, 2.75) is 38.3 Å². The standard InChI is InChI=1S/C22H32N4O5/c1-30-17-7-6-16(19(13-17)31-2)15-26-12-9-24-22(29)18(26)14-20(27)23-8-11-25-10-4-3-5-21(25)28/h6-7,13,18H,3-5,8-12,14-15H2,1-2H3,(H,23,27)(H,24,29). The van der Waals surface area contributed by atoms with Crippen LogP contribution in [0.2, 0.25) is 0 Å². The molecule has 1 aromatic rings. The molecule has 2 heterocycles. The second-order valence-electron chi connectivity index (χ2n) is 7.85. The van der Waals surface area contributed by atoms with Gasteiger partial charge in [0.15, 0.2) is 0 Å². The number of carbonyl (C=O) groups excluding carboxylic acids is 3. The third-order valence-electron chi connectivity index (χ3n) is 5.81. The molecule has 0 saturated carbocycles. The predicted octanol–water partition coefficient (Wildman–Crippen LogP) is 0.523. The van der Waals surface area contributed by atoms with E-state index in [1.165, 1.54) is 0 Å². The maximum absolute atomic E-state index is 12.5. The number of methoxy groups -OCH3 is 2. The molecule has 31 heavy (non-hydrogen) atoms. The normalized spacial score (nSPS) is 19.7. The number of hydrogen-bond acceptors (Lipinski definition) is 6. The lowest BCUT2D eigenvalue weighted by Crippen LogP contribution is -2.56. The average molecular weight is 433 g/mol. The van der Waals surface area contributed by atoms with Gasteiger partial charge >= 0.3 is 0 Å². The van der Waals surface area contributed by atoms with Crippen molar-refractivity contribution in [2.24, 2.45) is 0 Å². The highest BCUT2D eigenvalue weighted by atomic mass is 16.5. The number of nitrogens with one attached hydrogen (secondary N) is 2. The van der Waals surface area contributed by atoms with Crippen LogP contribution in [0.25, 0.3) is 0 Å². The Labute approximate surface area is 183 Å². The molecule has 9 nitrogen and oxygen atoms in total. The van der Waals surface area contributed by atoms with Crippen molar-refractivity contribution in [1.82, 2.24) is 20.4 Å². The number of hydrogen-bond donors (Lipinski definition) is 2. The lowest BCUT2D eigenvalue weighted by molar-refractivity contribution is -0.134. The second-order valence-corrected chi connectivity index (χ2v) is 7.85. The van der Waals surface area contributed by atoms with E-state index in [1.807, 2.05) is 23.1 Å². The first-order chi connectivity index (χ1) is 15.0. The van der Waals surface area contributed by atoms with E-state index in [2.05, 4.69) is 10.6 Å². The third kappa shape index (κ3) is 6.10. The van der Waals surface area contributed by atoms with Gasteiger partial charge in [-0.05, 0) is 18.9 Å². The van der Waals surface area contributed by atoms with E-state index < -0.39 is 6.04 Å². The lowest BCUT2D eigenvalue weighted by Gasteiger charge is -2.35. The Kier molecular flexibility index (Phi) is 8.11. The molecule has 2 saturated heterocycles. The first-order valence-electron chi connectivity index (χ1n) is 10.8. The quantitative estimate of drug-likeness (QED) is 0.590. The largest absolute Gasteiger partial charge is 0.497 e. The summed E-state index contributed by atoms with van der Waals surface area (Å²) in [7, 11) is 3.19. The summed E-state index contributed by atoms with van der Waals surface area (Å²) in [6.45, 7) is 3.31. The van der Waals surface area contributed by atoms with Crippen LogP contribution in [-0.2, 0) is 20.9 Å². The van der Waals surface area contributed by atoms with Gasteiger partial charge in [0.2, 0.25) is 17.7 Å². The average Bonchev–Trinajstić information content (AvgIpc) is 2.77. The molecule has 3 amide bonds. The number of nitrogens with zero attached hydrogens (tertiary/aromatic N) is 2. The zero-order valence-corrected chi connectivity index (χ0v) is 18.3. The highest BCUT2D eigenvalue weighted by Crippen LogP contribution is 2.27. The zero-order chi connectivity index (χ0) is 22.2. The van der Waals surface area contributed by atoms with E-state index in [-0.39, 0.29) is 24.1 Å². The summed E-state index contributed by atoms with van der Waals surface area (Å²) in [4.78, 5) is 40.7. The van der Waals surface area contributed by atoms with Crippen molar-refractivity contribution >= 4 is 17.7 Å². The molecule has 2 N–H and O–H groups in total. The van der Waals surface area contributed by atoms with Crippen molar-refractivity contribution in [3.05, 3.63) is 23.8 Å². The molecule has 0 aliphatic carbocycles. The molecule has 0 bridgehead atoms. The molecule has 0 spiro atoms. The molecule has 2 fully saturated rings. The van der Waals surface area contributed by atoms with Crippen LogP contribution in [0.5, 0.6) is 11.5 Å². The third-order valence-corrected chi connectivity index (χ3v) is 5.81. The smallest absolute Gasteiger partial charge is 0.237 e. The van der Waals surface area contributed by atoms with Gasteiger partial charge in [0.05, 0.1) is 26.7 Å². The van der Waals surface area contributed by atoms with E-state index in [9.17, 15) is 14.4 Å². The molecule has 1 unspecified atom stereocenters. The number of likely N-dealkylation sites (tertiary alicyclic amines) is 1. The molecule has 170 valence electrons. The van der Waals surface area contributed by atoms with Crippen LogP contribution in [0, 0.1) is 0 Å². The topological polar surface area (TPSA) is 100 Å². The number of ether oxygens (including phenoxy) is 2. The van der Waals surface area contributed by atoms with Crippen LogP contribution >= 0.6 is 0 Å². The van der Waals surface area contributed by atoms with Gasteiger partial charge in [-0.25, -0.2) is 0 Å². The van der Waals surface area contributed by atoms with Gasteiger partial charge in [0, 0.05) is 57.3 Å². The maximum Gasteiger partial charge on any atom is 0.237 e. The fourth-order valence-corrected chi connectivity index (χ4v) is 4.05. The van der Waals surface area contributed by atoms with Crippen molar-refractivity contribution in [2.75, 3.05) is 46.9 Å². The summed E-state index contributed by atoms with van der Waals surface area (Å²) in [5.74, 6) is 1.17. The molecule has 1 aromatic carbocycles. The summed E-state index contributed by atoms with van der Waals surface area (Å²) in [6, 6.07) is 5.02. The molecule has 2 aliphatic heterocycles. The first kappa shape index (κ1) is 22.9. The minimum absolute atomic E-state index is 0.0677. The number of piperidine rings is 1. The number of benzene rings is 1. The van der Waals surface area contributed by atoms with E-state index in [4.69, 9.17) is 9.47 Å². The zero-order valence-electron chi connectivity index (χ0n) is 18.3. The molecular weight excluding hydrogens is 400 g/mol. The number of carbonyl (C=O) groups is 3. The van der Waals surface area contributed by atoms with E-state index in [0.29, 0.717) is 50.6 Å². The van der Waals surface area contributed by atoms with Gasteiger partial charge in [0.25, 0.3) is 0 Å². The van der Waals surface area contributed by atoms with Crippen molar-refractivity contribution < 1.29 is 23.9 Å².